The van der Waals surface area contributed by atoms with Crippen LogP contribution >= 0.6 is 0 Å². The molecule has 1 unspecified atom stereocenters. The Morgan fingerprint density at radius 2 is 2.10 bits per heavy atom. The van der Waals surface area contributed by atoms with Gasteiger partial charge in [0, 0.05) is 12.0 Å². The summed E-state index contributed by atoms with van der Waals surface area (Å²) >= 11 is 0. The van der Waals surface area contributed by atoms with Gasteiger partial charge in [0.15, 0.2) is 0 Å². The second kappa shape index (κ2) is 5.37. The number of carbonyl (C=O) groups is 1. The first kappa shape index (κ1) is 15.3. The highest BCUT2D eigenvalue weighted by molar-refractivity contribution is 5.89. The van der Waals surface area contributed by atoms with E-state index in [-0.39, 0.29) is 12.0 Å². The highest BCUT2D eigenvalue weighted by Gasteiger charge is 2.26. The maximum atomic E-state index is 11.2. The minimum atomic E-state index is -0.998. The molecule has 2 N–H and O–H groups in total. The van der Waals surface area contributed by atoms with Crippen LogP contribution in [-0.4, -0.2) is 27.9 Å². The van der Waals surface area contributed by atoms with E-state index in [1.165, 1.54) is 0 Å². The molecular weight excluding hydrogens is 268 g/mol. The van der Waals surface area contributed by atoms with Gasteiger partial charge < -0.3 is 14.9 Å². The Balaban J connectivity index is 2.52. The summed E-state index contributed by atoms with van der Waals surface area (Å²) in [4.78, 5) is 11.2. The zero-order valence-corrected chi connectivity index (χ0v) is 12.5. The van der Waals surface area contributed by atoms with Gasteiger partial charge in [-0.05, 0) is 44.5 Å². The predicted molar refractivity (Wildman–Crippen MR) is 81.7 cm³/mol. The van der Waals surface area contributed by atoms with Gasteiger partial charge in [-0.25, -0.2) is 4.79 Å². The lowest BCUT2D eigenvalue weighted by molar-refractivity contribution is 0.0696. The van der Waals surface area contributed by atoms with Gasteiger partial charge in [0.05, 0.1) is 11.7 Å². The topological polar surface area (TPSA) is 66.8 Å². The van der Waals surface area contributed by atoms with Gasteiger partial charge in [-0.3, -0.25) is 0 Å². The first-order valence-electron chi connectivity index (χ1n) is 6.81. The van der Waals surface area contributed by atoms with Crippen molar-refractivity contribution in [2.45, 2.75) is 38.9 Å². The van der Waals surface area contributed by atoms with E-state index in [9.17, 15) is 15.0 Å². The van der Waals surface area contributed by atoms with E-state index in [1.807, 2.05) is 26.0 Å². The Morgan fingerprint density at radius 3 is 2.67 bits per heavy atom. The molecule has 4 heteroatoms. The van der Waals surface area contributed by atoms with E-state index in [2.05, 4.69) is 6.58 Å². The first-order chi connectivity index (χ1) is 9.69. The molecule has 1 aromatic rings. The zero-order chi connectivity index (χ0) is 15.8. The van der Waals surface area contributed by atoms with E-state index < -0.39 is 17.7 Å². The molecule has 1 aliphatic rings. The number of aliphatic hydroxyl groups is 1. The van der Waals surface area contributed by atoms with Crippen molar-refractivity contribution in [3.05, 3.63) is 47.1 Å². The largest absolute Gasteiger partial charge is 0.483 e. The smallest absolute Gasteiger partial charge is 0.335 e. The van der Waals surface area contributed by atoms with Crippen molar-refractivity contribution in [2.75, 3.05) is 0 Å². The molecule has 1 atom stereocenters. The van der Waals surface area contributed by atoms with Crippen LogP contribution in [0.1, 0.15) is 42.3 Å². The lowest BCUT2D eigenvalue weighted by Gasteiger charge is -2.30. The molecule has 1 aromatic carbocycles. The molecule has 1 heterocycles. The molecule has 0 radical (unpaired) electrons. The van der Waals surface area contributed by atoms with Crippen molar-refractivity contribution in [2.24, 2.45) is 0 Å². The summed E-state index contributed by atoms with van der Waals surface area (Å²) in [6.07, 6.45) is 3.31. The maximum absolute atomic E-state index is 11.2. The fraction of sp³-hybridized carbons (Fsp3) is 0.353. The molecule has 2 rings (SSSR count). The summed E-state index contributed by atoms with van der Waals surface area (Å²) < 4.78 is 5.95. The SMILES string of the molecule is C=C(C)C(O)Cc1cc(C(=O)O)cc2c1OC(C)(C)C=C2. The first-order valence-corrected chi connectivity index (χ1v) is 6.81. The van der Waals surface area contributed by atoms with Crippen molar-refractivity contribution in [1.82, 2.24) is 0 Å². The molecular formula is C17H20O4. The highest BCUT2D eigenvalue weighted by atomic mass is 16.5. The van der Waals surface area contributed by atoms with Crippen molar-refractivity contribution >= 4 is 12.0 Å². The number of rotatable bonds is 4. The second-order valence-electron chi connectivity index (χ2n) is 5.96. The van der Waals surface area contributed by atoms with Crippen LogP contribution in [0.5, 0.6) is 5.75 Å². The van der Waals surface area contributed by atoms with Gasteiger partial charge in [0.25, 0.3) is 0 Å². The van der Waals surface area contributed by atoms with Crippen LogP contribution in [0.4, 0.5) is 0 Å². The number of carboxylic acid groups (broad SMARTS) is 1. The number of carboxylic acids is 1. The third-order valence-corrected chi connectivity index (χ3v) is 3.45. The number of fused-ring (bicyclic) bond motifs is 1. The molecule has 0 amide bonds. The fourth-order valence-corrected chi connectivity index (χ4v) is 2.21. The van der Waals surface area contributed by atoms with E-state index in [0.717, 1.165) is 5.56 Å². The van der Waals surface area contributed by atoms with Crippen LogP contribution < -0.4 is 4.74 Å². The van der Waals surface area contributed by atoms with Crippen LogP contribution in [-0.2, 0) is 6.42 Å². The average Bonchev–Trinajstić information content (AvgIpc) is 2.37. The van der Waals surface area contributed by atoms with Crippen LogP contribution in [0.25, 0.3) is 6.08 Å². The standard InChI is InChI=1S/C17H20O4/c1-10(2)14(18)9-12-8-13(16(19)20)7-11-5-6-17(3,4)21-15(11)12/h5-8,14,18H,1,9H2,2-4H3,(H,19,20). The lowest BCUT2D eigenvalue weighted by atomic mass is 9.94. The van der Waals surface area contributed by atoms with Gasteiger partial charge in [-0.15, -0.1) is 0 Å². The number of ether oxygens (including phenoxy) is 1. The third-order valence-electron chi connectivity index (χ3n) is 3.45. The predicted octanol–water partition coefficient (Wildman–Crippen LogP) is 3.05. The van der Waals surface area contributed by atoms with Crippen LogP contribution in [0, 0.1) is 0 Å². The Hall–Kier alpha value is -2.07. The van der Waals surface area contributed by atoms with Gasteiger partial charge in [-0.1, -0.05) is 18.2 Å². The summed E-state index contributed by atoms with van der Waals surface area (Å²) in [5.41, 5.74) is 1.76. The Morgan fingerprint density at radius 1 is 1.43 bits per heavy atom. The number of aliphatic hydroxyl groups excluding tert-OH is 1. The Kier molecular flexibility index (Phi) is 3.92. The summed E-state index contributed by atoms with van der Waals surface area (Å²) in [5, 5.41) is 19.2. The Bertz CT molecular complexity index is 626. The van der Waals surface area contributed by atoms with E-state index >= 15 is 0 Å². The van der Waals surface area contributed by atoms with Crippen molar-refractivity contribution in [3.63, 3.8) is 0 Å². The highest BCUT2D eigenvalue weighted by Crippen LogP contribution is 2.36. The van der Waals surface area contributed by atoms with Crippen LogP contribution in [0.2, 0.25) is 0 Å². The minimum Gasteiger partial charge on any atom is -0.483 e. The maximum Gasteiger partial charge on any atom is 0.335 e. The molecule has 1 aliphatic heterocycles. The van der Waals surface area contributed by atoms with Crippen molar-refractivity contribution in [3.8, 4) is 5.75 Å². The molecule has 0 saturated carbocycles. The van der Waals surface area contributed by atoms with Crippen LogP contribution in [0.3, 0.4) is 0 Å². The molecule has 0 spiro atoms. The summed E-state index contributed by atoms with van der Waals surface area (Å²) in [5.74, 6) is -0.366. The second-order valence-corrected chi connectivity index (χ2v) is 5.96. The molecule has 4 nitrogen and oxygen atoms in total. The third kappa shape index (κ3) is 3.34. The van der Waals surface area contributed by atoms with Gasteiger partial charge >= 0.3 is 5.97 Å². The summed E-state index contributed by atoms with van der Waals surface area (Å²) in [7, 11) is 0. The molecule has 21 heavy (non-hydrogen) atoms. The molecule has 0 aromatic heterocycles. The van der Waals surface area contributed by atoms with Gasteiger partial charge in [-0.2, -0.15) is 0 Å². The number of hydrogen-bond donors (Lipinski definition) is 2. The molecule has 112 valence electrons. The summed E-state index contributed by atoms with van der Waals surface area (Å²) in [6, 6.07) is 3.14. The number of aromatic carboxylic acids is 1. The lowest BCUT2D eigenvalue weighted by Crippen LogP contribution is -2.29. The van der Waals surface area contributed by atoms with E-state index in [1.54, 1.807) is 19.1 Å². The quantitative estimate of drug-likeness (QED) is 0.836. The van der Waals surface area contributed by atoms with Crippen molar-refractivity contribution < 1.29 is 19.7 Å². The molecule has 0 fully saturated rings. The monoisotopic (exact) mass is 288 g/mol. The molecule has 0 bridgehead atoms. The average molecular weight is 288 g/mol. The minimum absolute atomic E-state index is 0.186. The number of hydrogen-bond acceptors (Lipinski definition) is 3. The van der Waals surface area contributed by atoms with E-state index in [0.29, 0.717) is 16.9 Å². The zero-order valence-electron chi connectivity index (χ0n) is 12.5. The summed E-state index contributed by atoms with van der Waals surface area (Å²) in [6.45, 7) is 9.32. The van der Waals surface area contributed by atoms with Gasteiger partial charge in [0.1, 0.15) is 11.4 Å². The normalized spacial score (nSPS) is 16.8. The Labute approximate surface area is 124 Å². The molecule has 0 aliphatic carbocycles. The fourth-order valence-electron chi connectivity index (χ4n) is 2.21. The molecule has 0 saturated heterocycles. The van der Waals surface area contributed by atoms with E-state index in [4.69, 9.17) is 4.74 Å². The van der Waals surface area contributed by atoms with Crippen molar-refractivity contribution in [1.29, 1.82) is 0 Å². The van der Waals surface area contributed by atoms with Crippen LogP contribution in [0.15, 0.2) is 30.4 Å². The number of benzene rings is 1. The van der Waals surface area contributed by atoms with Gasteiger partial charge in [0.2, 0.25) is 0 Å².